The molecule has 0 saturated carbocycles. The van der Waals surface area contributed by atoms with Crippen molar-refractivity contribution in [2.24, 2.45) is 11.7 Å². The second-order valence-corrected chi connectivity index (χ2v) is 5.20. The molecule has 0 aliphatic heterocycles. The van der Waals surface area contributed by atoms with Crippen LogP contribution >= 0.6 is 0 Å². The highest BCUT2D eigenvalue weighted by Gasteiger charge is 2.17. The van der Waals surface area contributed by atoms with E-state index in [0.29, 0.717) is 5.92 Å². The van der Waals surface area contributed by atoms with Crippen LogP contribution in [0.15, 0.2) is 36.6 Å². The van der Waals surface area contributed by atoms with Crippen molar-refractivity contribution in [3.63, 3.8) is 0 Å². The van der Waals surface area contributed by atoms with Crippen LogP contribution < -0.4 is 11.1 Å². The van der Waals surface area contributed by atoms with Crippen molar-refractivity contribution in [1.82, 2.24) is 10.2 Å². The second-order valence-electron chi connectivity index (χ2n) is 5.20. The third kappa shape index (κ3) is 5.52. The van der Waals surface area contributed by atoms with Crippen molar-refractivity contribution in [2.75, 3.05) is 27.2 Å². The summed E-state index contributed by atoms with van der Waals surface area (Å²) in [5, 5.41) is 3.36. The monoisotopic (exact) mass is 249 g/mol. The Hall–Kier alpha value is -1.06. The molecule has 3 N–H and O–H groups in total. The summed E-state index contributed by atoms with van der Waals surface area (Å²) in [6, 6.07) is 0.0139. The molecule has 0 bridgehead atoms. The summed E-state index contributed by atoms with van der Waals surface area (Å²) in [6.07, 6.45) is 11.8. The van der Waals surface area contributed by atoms with Gasteiger partial charge in [0, 0.05) is 18.2 Å². The molecule has 1 aliphatic carbocycles. The zero-order chi connectivity index (χ0) is 13.4. The summed E-state index contributed by atoms with van der Waals surface area (Å²) in [6.45, 7) is 6.16. The van der Waals surface area contributed by atoms with Crippen LogP contribution in [0.1, 0.15) is 19.3 Å². The van der Waals surface area contributed by atoms with E-state index in [4.69, 9.17) is 5.73 Å². The van der Waals surface area contributed by atoms with E-state index < -0.39 is 0 Å². The van der Waals surface area contributed by atoms with Crippen LogP contribution in [-0.2, 0) is 0 Å². The van der Waals surface area contributed by atoms with Gasteiger partial charge in [0.25, 0.3) is 0 Å². The lowest BCUT2D eigenvalue weighted by Crippen LogP contribution is -2.37. The number of nitrogens with zero attached hydrogens (tertiary/aromatic N) is 1. The van der Waals surface area contributed by atoms with E-state index in [0.717, 1.165) is 31.6 Å². The average molecular weight is 249 g/mol. The molecule has 0 amide bonds. The quantitative estimate of drug-likeness (QED) is 0.646. The summed E-state index contributed by atoms with van der Waals surface area (Å²) in [5.41, 5.74) is 7.16. The summed E-state index contributed by atoms with van der Waals surface area (Å²) >= 11 is 0. The first-order valence-electron chi connectivity index (χ1n) is 6.77. The van der Waals surface area contributed by atoms with E-state index in [9.17, 15) is 0 Å². The smallest absolute Gasteiger partial charge is 0.0505 e. The molecule has 0 aromatic heterocycles. The Balaban J connectivity index is 2.16. The summed E-state index contributed by atoms with van der Waals surface area (Å²) < 4.78 is 0. The molecular weight excluding hydrogens is 222 g/mol. The fourth-order valence-electron chi connectivity index (χ4n) is 2.04. The van der Waals surface area contributed by atoms with Crippen LogP contribution in [0, 0.1) is 5.92 Å². The lowest BCUT2D eigenvalue weighted by Gasteiger charge is -2.24. The van der Waals surface area contributed by atoms with Crippen LogP contribution in [0.2, 0.25) is 0 Å². The fourth-order valence-corrected chi connectivity index (χ4v) is 2.04. The number of nitrogens with one attached hydrogen (secondary N) is 1. The molecule has 1 rings (SSSR count). The van der Waals surface area contributed by atoms with E-state index in [1.807, 2.05) is 0 Å². The highest BCUT2D eigenvalue weighted by molar-refractivity contribution is 5.17. The minimum Gasteiger partial charge on any atom is -0.388 e. The van der Waals surface area contributed by atoms with Gasteiger partial charge in [-0.1, -0.05) is 30.9 Å². The fraction of sp³-hybridized carbons (Fsp3) is 0.600. The molecule has 0 fully saturated rings. The van der Waals surface area contributed by atoms with Gasteiger partial charge in [0.1, 0.15) is 0 Å². The largest absolute Gasteiger partial charge is 0.388 e. The first-order chi connectivity index (χ1) is 8.61. The van der Waals surface area contributed by atoms with E-state index in [1.54, 1.807) is 0 Å². The van der Waals surface area contributed by atoms with Crippen molar-refractivity contribution in [3.8, 4) is 0 Å². The molecule has 18 heavy (non-hydrogen) atoms. The van der Waals surface area contributed by atoms with Gasteiger partial charge in [-0.2, -0.15) is 0 Å². The number of unbranched alkanes of at least 4 members (excludes halogenated alkanes) is 1. The Bertz CT molecular complexity index is 305. The van der Waals surface area contributed by atoms with E-state index >= 15 is 0 Å². The van der Waals surface area contributed by atoms with Crippen molar-refractivity contribution in [2.45, 2.75) is 25.3 Å². The van der Waals surface area contributed by atoms with Gasteiger partial charge in [0.05, 0.1) is 6.04 Å². The molecule has 102 valence electrons. The van der Waals surface area contributed by atoms with Gasteiger partial charge in [0.15, 0.2) is 0 Å². The lowest BCUT2D eigenvalue weighted by atomic mass is 9.91. The van der Waals surface area contributed by atoms with Crippen LogP contribution in [0.5, 0.6) is 0 Å². The Labute approximate surface area is 111 Å². The van der Waals surface area contributed by atoms with Gasteiger partial charge in [-0.25, -0.2) is 0 Å². The molecule has 2 atom stereocenters. The average Bonchev–Trinajstić information content (AvgIpc) is 2.38. The van der Waals surface area contributed by atoms with Crippen LogP contribution in [-0.4, -0.2) is 38.1 Å². The lowest BCUT2D eigenvalue weighted by molar-refractivity contribution is 0.392. The maximum atomic E-state index is 6.20. The topological polar surface area (TPSA) is 41.3 Å². The van der Waals surface area contributed by atoms with Crippen molar-refractivity contribution >= 4 is 0 Å². The van der Waals surface area contributed by atoms with E-state index in [-0.39, 0.29) is 6.04 Å². The van der Waals surface area contributed by atoms with E-state index in [1.165, 1.54) is 6.42 Å². The number of rotatable bonds is 8. The second kappa shape index (κ2) is 8.11. The van der Waals surface area contributed by atoms with Gasteiger partial charge in [-0.15, -0.1) is 0 Å². The molecule has 0 spiro atoms. The Morgan fingerprint density at radius 3 is 2.83 bits per heavy atom. The molecule has 3 heteroatoms. The Morgan fingerprint density at radius 1 is 1.44 bits per heavy atom. The molecule has 0 aromatic carbocycles. The zero-order valence-corrected chi connectivity index (χ0v) is 11.7. The molecule has 1 aliphatic rings. The van der Waals surface area contributed by atoms with Crippen LogP contribution in [0.4, 0.5) is 0 Å². The highest BCUT2D eigenvalue weighted by atomic mass is 15.0. The summed E-state index contributed by atoms with van der Waals surface area (Å²) in [7, 11) is 4.20. The molecule has 2 unspecified atom stereocenters. The van der Waals surface area contributed by atoms with Crippen molar-refractivity contribution < 1.29 is 0 Å². The molecular formula is C15H27N3. The first-order valence-corrected chi connectivity index (χ1v) is 6.77. The van der Waals surface area contributed by atoms with Gasteiger partial charge in [0.2, 0.25) is 0 Å². The molecule has 0 saturated heterocycles. The highest BCUT2D eigenvalue weighted by Crippen LogP contribution is 2.17. The number of nitrogens with two attached hydrogens (primary N) is 1. The predicted molar refractivity (Wildman–Crippen MR) is 79.3 cm³/mol. The molecule has 0 aromatic rings. The first kappa shape index (κ1) is 15.0. The van der Waals surface area contributed by atoms with Crippen LogP contribution in [0.25, 0.3) is 0 Å². The minimum absolute atomic E-state index is 0.0139. The summed E-state index contributed by atoms with van der Waals surface area (Å²) in [4.78, 5) is 2.21. The van der Waals surface area contributed by atoms with E-state index in [2.05, 4.69) is 55.2 Å². The number of allylic oxidation sites excluding steroid dienone is 3. The maximum Gasteiger partial charge on any atom is 0.0505 e. The van der Waals surface area contributed by atoms with Crippen molar-refractivity contribution in [1.29, 1.82) is 0 Å². The minimum atomic E-state index is 0.0139. The SMILES string of the molecule is C=C(NCCCCN(C)C)C(N)C1C=CC=CC1. The van der Waals surface area contributed by atoms with Gasteiger partial charge < -0.3 is 16.0 Å². The Morgan fingerprint density at radius 2 is 2.22 bits per heavy atom. The third-order valence-electron chi connectivity index (χ3n) is 3.26. The van der Waals surface area contributed by atoms with Gasteiger partial charge in [-0.3, -0.25) is 0 Å². The van der Waals surface area contributed by atoms with Crippen molar-refractivity contribution in [3.05, 3.63) is 36.6 Å². The van der Waals surface area contributed by atoms with Gasteiger partial charge in [-0.05, 0) is 39.9 Å². The maximum absolute atomic E-state index is 6.20. The molecule has 0 heterocycles. The van der Waals surface area contributed by atoms with Gasteiger partial charge >= 0.3 is 0 Å². The number of hydrogen-bond acceptors (Lipinski definition) is 3. The Kier molecular flexibility index (Phi) is 6.76. The normalized spacial score (nSPS) is 20.1. The molecule has 3 nitrogen and oxygen atoms in total. The number of hydrogen-bond donors (Lipinski definition) is 2. The van der Waals surface area contributed by atoms with Crippen LogP contribution in [0.3, 0.4) is 0 Å². The zero-order valence-electron chi connectivity index (χ0n) is 11.7. The molecule has 0 radical (unpaired) electrons. The standard InChI is InChI=1S/C15H27N3/c1-13(17-11-7-8-12-18(2)3)15(16)14-9-5-4-6-10-14/h4-6,9,14-15,17H,1,7-8,10-12,16H2,2-3H3. The predicted octanol–water partition coefficient (Wildman–Crippen LogP) is 1.89. The third-order valence-corrected chi connectivity index (χ3v) is 3.26. The summed E-state index contributed by atoms with van der Waals surface area (Å²) in [5.74, 6) is 0.386.